The van der Waals surface area contributed by atoms with Crippen molar-refractivity contribution in [1.29, 1.82) is 0 Å². The lowest BCUT2D eigenvalue weighted by molar-refractivity contribution is -0.136. The number of fused-ring (bicyclic) bond motifs is 1. The van der Waals surface area contributed by atoms with Crippen LogP contribution in [-0.2, 0) is 14.6 Å². The average molecular weight is 348 g/mol. The van der Waals surface area contributed by atoms with Gasteiger partial charge in [-0.25, -0.2) is 8.42 Å². The number of aliphatic carboxylic acids is 1. The van der Waals surface area contributed by atoms with E-state index in [-0.39, 0.29) is 23.1 Å². The molecule has 2 rings (SSSR count). The highest BCUT2D eigenvalue weighted by molar-refractivity contribution is 9.10. The van der Waals surface area contributed by atoms with Gasteiger partial charge in [-0.1, -0.05) is 15.9 Å². The lowest BCUT2D eigenvalue weighted by atomic mass is 10.2. The molecule has 0 spiro atoms. The second kappa shape index (κ2) is 5.13. The van der Waals surface area contributed by atoms with E-state index in [0.29, 0.717) is 12.2 Å². The van der Waals surface area contributed by atoms with Gasteiger partial charge in [-0.15, -0.1) is 0 Å². The number of sulfone groups is 1. The molecule has 1 N–H and O–H groups in total. The summed E-state index contributed by atoms with van der Waals surface area (Å²) in [6.45, 7) is 2.10. The summed E-state index contributed by atoms with van der Waals surface area (Å²) in [6.07, 6.45) is -0.0175. The molecule has 104 valence electrons. The Morgan fingerprint density at radius 3 is 2.84 bits per heavy atom. The van der Waals surface area contributed by atoms with E-state index in [0.717, 1.165) is 4.47 Å². The van der Waals surface area contributed by atoms with Crippen LogP contribution in [0.5, 0.6) is 0 Å². The SMILES string of the molecule is CC1CS(=O)(=O)c2ccc(Br)cc2N1CCC(=O)O. The van der Waals surface area contributed by atoms with Gasteiger partial charge >= 0.3 is 5.97 Å². The van der Waals surface area contributed by atoms with Crippen molar-refractivity contribution in [1.82, 2.24) is 0 Å². The lowest BCUT2D eigenvalue weighted by Gasteiger charge is -2.36. The van der Waals surface area contributed by atoms with Crippen LogP contribution in [0.1, 0.15) is 13.3 Å². The van der Waals surface area contributed by atoms with Crippen molar-refractivity contribution < 1.29 is 18.3 Å². The summed E-state index contributed by atoms with van der Waals surface area (Å²) in [5.41, 5.74) is 0.578. The van der Waals surface area contributed by atoms with Gasteiger partial charge in [-0.05, 0) is 25.1 Å². The summed E-state index contributed by atoms with van der Waals surface area (Å²) < 4.78 is 25.0. The van der Waals surface area contributed by atoms with Gasteiger partial charge in [0.2, 0.25) is 0 Å². The maximum Gasteiger partial charge on any atom is 0.305 e. The number of anilines is 1. The van der Waals surface area contributed by atoms with Crippen LogP contribution < -0.4 is 4.90 Å². The molecule has 0 amide bonds. The minimum Gasteiger partial charge on any atom is -0.481 e. The van der Waals surface area contributed by atoms with E-state index in [1.165, 1.54) is 0 Å². The van der Waals surface area contributed by atoms with Gasteiger partial charge in [-0.3, -0.25) is 4.79 Å². The van der Waals surface area contributed by atoms with Gasteiger partial charge in [-0.2, -0.15) is 0 Å². The maximum atomic E-state index is 12.1. The van der Waals surface area contributed by atoms with Gasteiger partial charge in [0.1, 0.15) is 0 Å². The normalized spacial score (nSPS) is 20.9. The smallest absolute Gasteiger partial charge is 0.305 e. The van der Waals surface area contributed by atoms with Crippen molar-refractivity contribution in [3.8, 4) is 0 Å². The van der Waals surface area contributed by atoms with Crippen LogP contribution in [0.25, 0.3) is 0 Å². The van der Waals surface area contributed by atoms with Crippen molar-refractivity contribution in [2.45, 2.75) is 24.3 Å². The summed E-state index contributed by atoms with van der Waals surface area (Å²) in [6, 6.07) is 4.74. The standard InChI is InChI=1S/C12H14BrNO4S/c1-8-7-19(17,18)11-3-2-9(13)6-10(11)14(8)5-4-12(15)16/h2-3,6,8H,4-5,7H2,1H3,(H,15,16). The quantitative estimate of drug-likeness (QED) is 0.903. The molecule has 1 aromatic rings. The van der Waals surface area contributed by atoms with E-state index in [4.69, 9.17) is 5.11 Å². The van der Waals surface area contributed by atoms with Crippen LogP contribution in [0.3, 0.4) is 0 Å². The van der Waals surface area contributed by atoms with Crippen LogP contribution in [0.2, 0.25) is 0 Å². The lowest BCUT2D eigenvalue weighted by Crippen LogP contribution is -2.43. The highest BCUT2D eigenvalue weighted by Gasteiger charge is 2.33. The maximum absolute atomic E-state index is 12.1. The van der Waals surface area contributed by atoms with Gasteiger partial charge in [0.15, 0.2) is 9.84 Å². The van der Waals surface area contributed by atoms with Crippen LogP contribution in [0.15, 0.2) is 27.6 Å². The van der Waals surface area contributed by atoms with E-state index >= 15 is 0 Å². The molecule has 1 heterocycles. The van der Waals surface area contributed by atoms with Crippen molar-refractivity contribution in [2.24, 2.45) is 0 Å². The van der Waals surface area contributed by atoms with E-state index in [9.17, 15) is 13.2 Å². The molecule has 1 unspecified atom stereocenters. The first-order valence-electron chi connectivity index (χ1n) is 5.82. The topological polar surface area (TPSA) is 74.7 Å². The van der Waals surface area contributed by atoms with Crippen LogP contribution in [-0.4, -0.2) is 37.8 Å². The summed E-state index contributed by atoms with van der Waals surface area (Å²) in [4.78, 5) is 12.8. The van der Waals surface area contributed by atoms with E-state index in [1.54, 1.807) is 25.1 Å². The van der Waals surface area contributed by atoms with Crippen molar-refractivity contribution in [2.75, 3.05) is 17.2 Å². The molecule has 7 heteroatoms. The molecule has 1 aliphatic heterocycles. The summed E-state index contributed by atoms with van der Waals surface area (Å²) in [5, 5.41) is 8.78. The Morgan fingerprint density at radius 1 is 1.53 bits per heavy atom. The number of carboxylic acid groups (broad SMARTS) is 1. The second-order valence-corrected chi connectivity index (χ2v) is 7.50. The Balaban J connectivity index is 2.46. The fourth-order valence-corrected chi connectivity index (χ4v) is 4.38. The first kappa shape index (κ1) is 14.3. The number of carboxylic acids is 1. The molecule has 0 radical (unpaired) electrons. The molecular weight excluding hydrogens is 334 g/mol. The van der Waals surface area contributed by atoms with Gasteiger partial charge < -0.3 is 10.0 Å². The predicted octanol–water partition coefficient (Wildman–Crippen LogP) is 1.91. The van der Waals surface area contributed by atoms with Crippen molar-refractivity contribution in [3.63, 3.8) is 0 Å². The predicted molar refractivity (Wildman–Crippen MR) is 75.3 cm³/mol. The fourth-order valence-electron chi connectivity index (χ4n) is 2.27. The third kappa shape index (κ3) is 2.92. The zero-order valence-electron chi connectivity index (χ0n) is 10.3. The van der Waals surface area contributed by atoms with Gasteiger partial charge in [0, 0.05) is 17.1 Å². The molecule has 1 aromatic carbocycles. The number of carbonyl (C=O) groups is 1. The average Bonchev–Trinajstić information content (AvgIpc) is 2.26. The van der Waals surface area contributed by atoms with Gasteiger partial charge in [0.25, 0.3) is 0 Å². The molecule has 1 atom stereocenters. The molecular formula is C12H14BrNO4S. The van der Waals surface area contributed by atoms with Crippen molar-refractivity contribution in [3.05, 3.63) is 22.7 Å². The largest absolute Gasteiger partial charge is 0.481 e. The Morgan fingerprint density at radius 2 is 2.21 bits per heavy atom. The zero-order valence-corrected chi connectivity index (χ0v) is 12.7. The number of hydrogen-bond donors (Lipinski definition) is 1. The first-order valence-corrected chi connectivity index (χ1v) is 8.26. The molecule has 1 aliphatic rings. The summed E-state index contributed by atoms with van der Waals surface area (Å²) >= 11 is 3.32. The molecule has 0 fully saturated rings. The highest BCUT2D eigenvalue weighted by atomic mass is 79.9. The minimum atomic E-state index is -3.29. The number of nitrogens with zero attached hydrogens (tertiary/aromatic N) is 1. The summed E-state index contributed by atoms with van der Waals surface area (Å²) in [7, 11) is -3.29. The van der Waals surface area contributed by atoms with Crippen LogP contribution >= 0.6 is 15.9 Å². The Bertz CT molecular complexity index is 614. The number of rotatable bonds is 3. The van der Waals surface area contributed by atoms with Crippen LogP contribution in [0, 0.1) is 0 Å². The molecule has 5 nitrogen and oxygen atoms in total. The summed E-state index contributed by atoms with van der Waals surface area (Å²) in [5.74, 6) is -0.876. The minimum absolute atomic E-state index is 0.0151. The Labute approximate surface area is 120 Å². The zero-order chi connectivity index (χ0) is 14.2. The highest BCUT2D eigenvalue weighted by Crippen LogP contribution is 2.35. The van der Waals surface area contributed by atoms with Crippen LogP contribution in [0.4, 0.5) is 5.69 Å². The third-order valence-electron chi connectivity index (χ3n) is 3.12. The molecule has 0 aromatic heterocycles. The number of benzene rings is 1. The van der Waals surface area contributed by atoms with E-state index < -0.39 is 15.8 Å². The Hall–Kier alpha value is -1.08. The van der Waals surface area contributed by atoms with Crippen molar-refractivity contribution >= 4 is 37.4 Å². The molecule has 19 heavy (non-hydrogen) atoms. The molecule has 0 saturated carbocycles. The van der Waals surface area contributed by atoms with E-state index in [2.05, 4.69) is 15.9 Å². The third-order valence-corrected chi connectivity index (χ3v) is 5.55. The monoisotopic (exact) mass is 347 g/mol. The second-order valence-electron chi connectivity index (χ2n) is 4.58. The van der Waals surface area contributed by atoms with Gasteiger partial charge in [0.05, 0.1) is 22.8 Å². The first-order chi connectivity index (χ1) is 8.81. The molecule has 0 saturated heterocycles. The molecule has 0 bridgehead atoms. The van der Waals surface area contributed by atoms with E-state index in [1.807, 2.05) is 4.90 Å². The fraction of sp³-hybridized carbons (Fsp3) is 0.417. The number of halogens is 1. The Kier molecular flexibility index (Phi) is 3.87. The molecule has 0 aliphatic carbocycles. The number of hydrogen-bond acceptors (Lipinski definition) is 4.